The highest BCUT2D eigenvalue weighted by Gasteiger charge is 2.15. The van der Waals surface area contributed by atoms with Gasteiger partial charge in [0, 0.05) is 22.3 Å². The molecule has 1 unspecified atom stereocenters. The van der Waals surface area contributed by atoms with E-state index < -0.39 is 0 Å². The maximum atomic E-state index is 11.8. The molecular formula is C17H25BrN2OS. The van der Waals surface area contributed by atoms with Gasteiger partial charge in [0.05, 0.1) is 0 Å². The van der Waals surface area contributed by atoms with Crippen molar-refractivity contribution in [2.75, 3.05) is 25.4 Å². The van der Waals surface area contributed by atoms with Crippen LogP contribution in [0.15, 0.2) is 33.6 Å². The second-order valence-electron chi connectivity index (χ2n) is 5.73. The van der Waals surface area contributed by atoms with Crippen molar-refractivity contribution in [2.45, 2.75) is 37.0 Å². The predicted molar refractivity (Wildman–Crippen MR) is 97.3 cm³/mol. The minimum absolute atomic E-state index is 0.213. The second kappa shape index (κ2) is 10.3. The summed E-state index contributed by atoms with van der Waals surface area (Å²) in [6, 6.07) is 8.30. The van der Waals surface area contributed by atoms with Gasteiger partial charge in [0.15, 0.2) is 0 Å². The van der Waals surface area contributed by atoms with E-state index in [-0.39, 0.29) is 5.91 Å². The minimum Gasteiger partial charge on any atom is -0.356 e. The van der Waals surface area contributed by atoms with Crippen LogP contribution in [0.1, 0.15) is 32.1 Å². The Bertz CT molecular complexity index is 464. The average molecular weight is 385 g/mol. The van der Waals surface area contributed by atoms with Gasteiger partial charge in [-0.25, -0.2) is 0 Å². The molecule has 1 fully saturated rings. The van der Waals surface area contributed by atoms with Gasteiger partial charge in [0.2, 0.25) is 5.91 Å². The van der Waals surface area contributed by atoms with Crippen LogP contribution in [0.5, 0.6) is 0 Å². The van der Waals surface area contributed by atoms with E-state index in [0.29, 0.717) is 12.3 Å². The molecule has 1 amide bonds. The molecule has 122 valence electrons. The molecule has 0 aliphatic carbocycles. The number of nitrogens with one attached hydrogen (secondary N) is 2. The Labute approximate surface area is 146 Å². The number of amides is 1. The topological polar surface area (TPSA) is 41.1 Å². The molecular weight excluding hydrogens is 360 g/mol. The summed E-state index contributed by atoms with van der Waals surface area (Å²) in [4.78, 5) is 13.0. The zero-order valence-corrected chi connectivity index (χ0v) is 15.3. The van der Waals surface area contributed by atoms with Crippen LogP contribution in [0.4, 0.5) is 0 Å². The fourth-order valence-corrected chi connectivity index (χ4v) is 4.16. The van der Waals surface area contributed by atoms with Crippen molar-refractivity contribution in [3.63, 3.8) is 0 Å². The van der Waals surface area contributed by atoms with Crippen molar-refractivity contribution >= 4 is 33.6 Å². The minimum atomic E-state index is 0.213. The molecule has 0 saturated carbocycles. The highest BCUT2D eigenvalue weighted by atomic mass is 79.9. The van der Waals surface area contributed by atoms with Crippen molar-refractivity contribution in [1.82, 2.24) is 10.6 Å². The van der Waals surface area contributed by atoms with Crippen molar-refractivity contribution in [2.24, 2.45) is 5.92 Å². The van der Waals surface area contributed by atoms with Crippen molar-refractivity contribution < 1.29 is 4.79 Å². The summed E-state index contributed by atoms with van der Waals surface area (Å²) >= 11 is 5.43. The largest absolute Gasteiger partial charge is 0.356 e. The summed E-state index contributed by atoms with van der Waals surface area (Å²) in [6.45, 7) is 3.00. The normalized spacial score (nSPS) is 17.6. The molecule has 2 N–H and O–H groups in total. The second-order valence-corrected chi connectivity index (χ2v) is 7.72. The molecule has 0 spiro atoms. The molecule has 1 aromatic rings. The number of carbonyl (C=O) groups excluding carboxylic acids is 1. The fraction of sp³-hybridized carbons (Fsp3) is 0.588. The Balaban J connectivity index is 1.46. The van der Waals surface area contributed by atoms with E-state index in [1.807, 2.05) is 17.8 Å². The maximum absolute atomic E-state index is 11.8. The lowest BCUT2D eigenvalue weighted by Crippen LogP contribution is -2.25. The van der Waals surface area contributed by atoms with Crippen LogP contribution >= 0.6 is 27.7 Å². The van der Waals surface area contributed by atoms with Gasteiger partial charge in [0.25, 0.3) is 0 Å². The van der Waals surface area contributed by atoms with Crippen molar-refractivity contribution in [1.29, 1.82) is 0 Å². The Morgan fingerprint density at radius 3 is 3.00 bits per heavy atom. The third-order valence-electron chi connectivity index (χ3n) is 3.93. The number of unbranched alkanes of at least 4 members (excludes halogenated alkanes) is 1. The first-order valence-corrected chi connectivity index (χ1v) is 9.88. The number of carbonyl (C=O) groups is 1. The summed E-state index contributed by atoms with van der Waals surface area (Å²) in [5, 5.41) is 6.38. The van der Waals surface area contributed by atoms with E-state index in [0.717, 1.165) is 49.1 Å². The van der Waals surface area contributed by atoms with Gasteiger partial charge < -0.3 is 10.6 Å². The molecule has 2 rings (SSSR count). The van der Waals surface area contributed by atoms with Crippen LogP contribution in [0.3, 0.4) is 0 Å². The van der Waals surface area contributed by atoms with Crippen molar-refractivity contribution in [3.05, 3.63) is 28.7 Å². The predicted octanol–water partition coefficient (Wildman–Crippen LogP) is 3.83. The molecule has 0 radical (unpaired) electrons. The first kappa shape index (κ1) is 17.8. The summed E-state index contributed by atoms with van der Waals surface area (Å²) < 4.78 is 1.16. The lowest BCUT2D eigenvalue weighted by Gasteiger charge is -2.09. The number of benzene rings is 1. The molecule has 22 heavy (non-hydrogen) atoms. The lowest BCUT2D eigenvalue weighted by molar-refractivity contribution is -0.121. The van der Waals surface area contributed by atoms with Crippen LogP contribution in [0.25, 0.3) is 0 Å². The van der Waals surface area contributed by atoms with Crippen LogP contribution in [0, 0.1) is 5.92 Å². The van der Waals surface area contributed by atoms with Crippen LogP contribution in [-0.4, -0.2) is 31.3 Å². The fourth-order valence-electron chi connectivity index (χ4n) is 2.58. The molecule has 1 aromatic carbocycles. The third kappa shape index (κ3) is 6.71. The Morgan fingerprint density at radius 2 is 2.23 bits per heavy atom. The SMILES string of the molecule is O=C(CCC1CCNC1)NCCCCSc1ccccc1Br. The smallest absolute Gasteiger partial charge is 0.220 e. The average Bonchev–Trinajstić information content (AvgIpc) is 3.04. The molecule has 1 saturated heterocycles. The number of hydrogen-bond donors (Lipinski definition) is 2. The Morgan fingerprint density at radius 1 is 1.36 bits per heavy atom. The van der Waals surface area contributed by atoms with Gasteiger partial charge in [-0.1, -0.05) is 12.1 Å². The molecule has 1 heterocycles. The maximum Gasteiger partial charge on any atom is 0.220 e. The molecule has 1 aliphatic rings. The summed E-state index contributed by atoms with van der Waals surface area (Å²) in [5.74, 6) is 2.00. The number of halogens is 1. The standard InChI is InChI=1S/C17H25BrN2OS/c18-15-5-1-2-6-16(15)22-12-4-3-10-20-17(21)8-7-14-9-11-19-13-14/h1-2,5-6,14,19H,3-4,7-13H2,(H,20,21). The molecule has 1 aliphatic heterocycles. The van der Waals surface area contributed by atoms with Crippen molar-refractivity contribution in [3.8, 4) is 0 Å². The highest BCUT2D eigenvalue weighted by Crippen LogP contribution is 2.27. The number of rotatable bonds is 9. The molecule has 3 nitrogen and oxygen atoms in total. The highest BCUT2D eigenvalue weighted by molar-refractivity contribution is 9.10. The summed E-state index contributed by atoms with van der Waals surface area (Å²) in [5.41, 5.74) is 0. The van der Waals surface area contributed by atoms with E-state index in [4.69, 9.17) is 0 Å². The van der Waals surface area contributed by atoms with E-state index in [1.165, 1.54) is 11.3 Å². The third-order valence-corrected chi connectivity index (χ3v) is 6.04. The van der Waals surface area contributed by atoms with Gasteiger partial charge in [-0.15, -0.1) is 11.8 Å². The molecule has 0 bridgehead atoms. The van der Waals surface area contributed by atoms with E-state index in [2.05, 4.69) is 44.8 Å². The number of hydrogen-bond acceptors (Lipinski definition) is 3. The van der Waals surface area contributed by atoms with Gasteiger partial charge in [-0.2, -0.15) is 0 Å². The van der Waals surface area contributed by atoms with Gasteiger partial charge >= 0.3 is 0 Å². The number of thioether (sulfide) groups is 1. The monoisotopic (exact) mass is 384 g/mol. The zero-order valence-electron chi connectivity index (χ0n) is 12.9. The Hall–Kier alpha value is -0.520. The summed E-state index contributed by atoms with van der Waals surface area (Å²) in [6.07, 6.45) is 5.10. The quantitative estimate of drug-likeness (QED) is 0.502. The molecule has 1 atom stereocenters. The lowest BCUT2D eigenvalue weighted by atomic mass is 10.0. The summed E-state index contributed by atoms with van der Waals surface area (Å²) in [7, 11) is 0. The molecule has 5 heteroatoms. The van der Waals surface area contributed by atoms with Crippen LogP contribution in [0.2, 0.25) is 0 Å². The van der Waals surface area contributed by atoms with E-state index >= 15 is 0 Å². The first-order valence-electron chi connectivity index (χ1n) is 8.10. The van der Waals surface area contributed by atoms with Gasteiger partial charge in [0.1, 0.15) is 0 Å². The van der Waals surface area contributed by atoms with E-state index in [1.54, 1.807) is 0 Å². The Kier molecular flexibility index (Phi) is 8.34. The van der Waals surface area contributed by atoms with Crippen LogP contribution < -0.4 is 10.6 Å². The van der Waals surface area contributed by atoms with Gasteiger partial charge in [-0.3, -0.25) is 4.79 Å². The van der Waals surface area contributed by atoms with Crippen LogP contribution in [-0.2, 0) is 4.79 Å². The first-order chi connectivity index (χ1) is 10.8. The molecule has 0 aromatic heterocycles. The zero-order chi connectivity index (χ0) is 15.6. The van der Waals surface area contributed by atoms with E-state index in [9.17, 15) is 4.79 Å². The van der Waals surface area contributed by atoms with Gasteiger partial charge in [-0.05, 0) is 78.5 Å².